The third kappa shape index (κ3) is 2.25. The molecule has 0 spiro atoms. The van der Waals surface area contributed by atoms with E-state index in [1.807, 2.05) is 29.6 Å². The Morgan fingerprint density at radius 1 is 1.28 bits per heavy atom. The average Bonchev–Trinajstić information content (AvgIpc) is 2.74. The van der Waals surface area contributed by atoms with Crippen LogP contribution in [0.5, 0.6) is 5.75 Å². The van der Waals surface area contributed by atoms with Crippen molar-refractivity contribution in [3.63, 3.8) is 0 Å². The zero-order valence-electron chi connectivity index (χ0n) is 9.27. The zero-order chi connectivity index (χ0) is 12.7. The maximum absolute atomic E-state index is 10.2. The molecule has 2 nitrogen and oxygen atoms in total. The summed E-state index contributed by atoms with van der Waals surface area (Å²) in [6.45, 7) is 0. The molecule has 0 amide bonds. The van der Waals surface area contributed by atoms with Crippen molar-refractivity contribution in [2.75, 3.05) is 0 Å². The Morgan fingerprint density at radius 2 is 2.11 bits per heavy atom. The molecule has 1 aromatic carbocycles. The Labute approximate surface area is 126 Å². The molecule has 2 aromatic rings. The largest absolute Gasteiger partial charge is 0.484 e. The summed E-state index contributed by atoms with van der Waals surface area (Å²) in [5.74, 6) is 0.758. The van der Waals surface area contributed by atoms with E-state index in [1.54, 1.807) is 11.3 Å². The maximum atomic E-state index is 10.2. The molecule has 1 aromatic heterocycles. The fraction of sp³-hybridized carbons (Fsp3) is 0.231. The van der Waals surface area contributed by atoms with Crippen LogP contribution in [0, 0.1) is 0 Å². The molecule has 0 radical (unpaired) electrons. The van der Waals surface area contributed by atoms with Gasteiger partial charge in [0.05, 0.1) is 11.0 Å². The van der Waals surface area contributed by atoms with E-state index in [9.17, 15) is 5.11 Å². The Kier molecular flexibility index (Phi) is 3.49. The first-order chi connectivity index (χ1) is 8.65. The van der Waals surface area contributed by atoms with E-state index in [-0.39, 0.29) is 6.10 Å². The van der Waals surface area contributed by atoms with Crippen LogP contribution in [-0.2, 0) is 0 Å². The Balaban J connectivity index is 1.98. The molecule has 1 N–H and O–H groups in total. The number of hydrogen-bond donors (Lipinski definition) is 1. The molecule has 0 saturated heterocycles. The Bertz CT molecular complexity index is 582. The van der Waals surface area contributed by atoms with Gasteiger partial charge in [-0.2, -0.15) is 0 Å². The molecule has 0 aliphatic carbocycles. The molecule has 0 bridgehead atoms. The van der Waals surface area contributed by atoms with Gasteiger partial charge in [0.15, 0.2) is 0 Å². The lowest BCUT2D eigenvalue weighted by molar-refractivity contribution is 0.0671. The second-order valence-electron chi connectivity index (χ2n) is 4.17. The SMILES string of the molecule is O[C@@H]1CC(c2sccc2Br)Oc2cc(Br)ccc21. The highest BCUT2D eigenvalue weighted by Gasteiger charge is 2.29. The van der Waals surface area contributed by atoms with Crippen LogP contribution in [0.4, 0.5) is 0 Å². The van der Waals surface area contributed by atoms with E-state index in [0.717, 1.165) is 25.1 Å². The summed E-state index contributed by atoms with van der Waals surface area (Å²) in [4.78, 5) is 1.12. The third-order valence-corrected chi connectivity index (χ3v) is 5.43. The van der Waals surface area contributed by atoms with Crippen LogP contribution < -0.4 is 4.74 Å². The monoisotopic (exact) mass is 388 g/mol. The predicted molar refractivity (Wildman–Crippen MR) is 79.1 cm³/mol. The van der Waals surface area contributed by atoms with Crippen LogP contribution in [-0.4, -0.2) is 5.11 Å². The van der Waals surface area contributed by atoms with Crippen LogP contribution >= 0.6 is 43.2 Å². The number of rotatable bonds is 1. The second-order valence-corrected chi connectivity index (χ2v) is 6.89. The fourth-order valence-electron chi connectivity index (χ4n) is 2.11. The first-order valence-electron chi connectivity index (χ1n) is 5.52. The van der Waals surface area contributed by atoms with Crippen molar-refractivity contribution >= 4 is 43.2 Å². The van der Waals surface area contributed by atoms with Gasteiger partial charge in [-0.3, -0.25) is 0 Å². The van der Waals surface area contributed by atoms with E-state index in [0.29, 0.717) is 6.42 Å². The van der Waals surface area contributed by atoms with Gasteiger partial charge < -0.3 is 9.84 Å². The standard InChI is InChI=1S/C13H10Br2O2S/c14-7-1-2-8-10(16)6-12(17-11(8)5-7)13-9(15)3-4-18-13/h1-5,10,12,16H,6H2/t10-,12?/m1/s1. The number of ether oxygens (including phenoxy) is 1. The molecular weight excluding hydrogens is 380 g/mol. The normalized spacial score (nSPS) is 22.4. The lowest BCUT2D eigenvalue weighted by atomic mass is 9.98. The van der Waals surface area contributed by atoms with Gasteiger partial charge in [-0.1, -0.05) is 22.0 Å². The topological polar surface area (TPSA) is 29.5 Å². The Morgan fingerprint density at radius 3 is 2.83 bits per heavy atom. The molecule has 0 fully saturated rings. The minimum atomic E-state index is -0.471. The van der Waals surface area contributed by atoms with E-state index in [4.69, 9.17) is 4.74 Å². The van der Waals surface area contributed by atoms with E-state index in [2.05, 4.69) is 31.9 Å². The van der Waals surface area contributed by atoms with Crippen molar-refractivity contribution in [1.82, 2.24) is 0 Å². The molecule has 1 unspecified atom stereocenters. The molecule has 0 saturated carbocycles. The molecule has 5 heteroatoms. The number of hydrogen-bond acceptors (Lipinski definition) is 3. The minimum absolute atomic E-state index is 0.0869. The van der Waals surface area contributed by atoms with Gasteiger partial charge in [0.25, 0.3) is 0 Å². The summed E-state index contributed by atoms with van der Waals surface area (Å²) in [5.41, 5.74) is 0.863. The molecule has 1 aliphatic heterocycles. The van der Waals surface area contributed by atoms with E-state index in [1.165, 1.54) is 0 Å². The minimum Gasteiger partial charge on any atom is -0.484 e. The third-order valence-electron chi connectivity index (χ3n) is 2.98. The number of aliphatic hydroxyl groups excluding tert-OH is 1. The smallest absolute Gasteiger partial charge is 0.137 e. The highest BCUT2D eigenvalue weighted by atomic mass is 79.9. The van der Waals surface area contributed by atoms with E-state index < -0.39 is 6.10 Å². The fourth-order valence-corrected chi connectivity index (χ4v) is 4.12. The number of halogens is 2. The van der Waals surface area contributed by atoms with Gasteiger partial charge in [-0.25, -0.2) is 0 Å². The highest BCUT2D eigenvalue weighted by Crippen LogP contribution is 2.44. The van der Waals surface area contributed by atoms with Gasteiger partial charge in [0.1, 0.15) is 11.9 Å². The van der Waals surface area contributed by atoms with Gasteiger partial charge in [0, 0.05) is 20.9 Å². The van der Waals surface area contributed by atoms with Crippen molar-refractivity contribution in [2.45, 2.75) is 18.6 Å². The molecule has 2 heterocycles. The predicted octanol–water partition coefficient (Wildman–Crippen LogP) is 4.83. The summed E-state index contributed by atoms with van der Waals surface area (Å²) >= 11 is 8.58. The van der Waals surface area contributed by atoms with Crippen LogP contribution in [0.3, 0.4) is 0 Å². The summed E-state index contributed by atoms with van der Waals surface area (Å²) in [6, 6.07) is 7.75. The summed E-state index contributed by atoms with van der Waals surface area (Å²) < 4.78 is 8.00. The summed E-state index contributed by atoms with van der Waals surface area (Å²) in [5, 5.41) is 12.2. The number of aliphatic hydroxyl groups is 1. The quantitative estimate of drug-likeness (QED) is 0.756. The first-order valence-corrected chi connectivity index (χ1v) is 7.99. The van der Waals surface area contributed by atoms with E-state index >= 15 is 0 Å². The number of thiophene rings is 1. The van der Waals surface area contributed by atoms with Crippen LogP contribution in [0.2, 0.25) is 0 Å². The second kappa shape index (κ2) is 4.96. The summed E-state index contributed by atoms with van der Waals surface area (Å²) in [7, 11) is 0. The van der Waals surface area contributed by atoms with Crippen molar-refractivity contribution in [3.8, 4) is 5.75 Å². The van der Waals surface area contributed by atoms with Crippen LogP contribution in [0.25, 0.3) is 0 Å². The van der Waals surface area contributed by atoms with Gasteiger partial charge in [-0.15, -0.1) is 11.3 Å². The van der Waals surface area contributed by atoms with Gasteiger partial charge >= 0.3 is 0 Å². The van der Waals surface area contributed by atoms with Crippen molar-refractivity contribution in [1.29, 1.82) is 0 Å². The number of fused-ring (bicyclic) bond motifs is 1. The molecule has 3 rings (SSSR count). The van der Waals surface area contributed by atoms with Gasteiger partial charge in [0.2, 0.25) is 0 Å². The molecule has 94 valence electrons. The average molecular weight is 390 g/mol. The van der Waals surface area contributed by atoms with Crippen LogP contribution in [0.1, 0.15) is 29.1 Å². The Hall–Kier alpha value is -0.360. The summed E-state index contributed by atoms with van der Waals surface area (Å²) in [6.07, 6.45) is 0.0327. The van der Waals surface area contributed by atoms with Crippen molar-refractivity contribution in [3.05, 3.63) is 49.0 Å². The number of benzene rings is 1. The highest BCUT2D eigenvalue weighted by molar-refractivity contribution is 9.10. The van der Waals surface area contributed by atoms with Crippen LogP contribution in [0.15, 0.2) is 38.6 Å². The molecular formula is C13H10Br2O2S. The zero-order valence-corrected chi connectivity index (χ0v) is 13.3. The first kappa shape index (κ1) is 12.7. The molecule has 18 heavy (non-hydrogen) atoms. The van der Waals surface area contributed by atoms with Crippen molar-refractivity contribution < 1.29 is 9.84 Å². The lowest BCUT2D eigenvalue weighted by Crippen LogP contribution is -2.18. The van der Waals surface area contributed by atoms with Crippen molar-refractivity contribution in [2.24, 2.45) is 0 Å². The molecule has 1 aliphatic rings. The lowest BCUT2D eigenvalue weighted by Gasteiger charge is -2.29. The molecule has 2 atom stereocenters. The van der Waals surface area contributed by atoms with Gasteiger partial charge in [-0.05, 0) is 39.5 Å². The maximum Gasteiger partial charge on any atom is 0.137 e.